The van der Waals surface area contributed by atoms with Crippen LogP contribution in [0.3, 0.4) is 0 Å². The Kier molecular flexibility index (Phi) is 2.94. The van der Waals surface area contributed by atoms with Crippen LogP contribution in [0.1, 0.15) is 47.0 Å². The minimum Gasteiger partial charge on any atom is -0.356 e. The number of rotatable bonds is 2. The van der Waals surface area contributed by atoms with Crippen LogP contribution in [0.15, 0.2) is 30.3 Å². The molecule has 1 aromatic rings. The third-order valence-electron chi connectivity index (χ3n) is 7.67. The zero-order valence-electron chi connectivity index (χ0n) is 15.9. The van der Waals surface area contributed by atoms with Crippen molar-refractivity contribution in [1.82, 2.24) is 5.01 Å². The number of hydrogen-bond acceptors (Lipinski definition) is 3. The van der Waals surface area contributed by atoms with E-state index in [0.29, 0.717) is 5.92 Å². The highest BCUT2D eigenvalue weighted by Crippen LogP contribution is 2.70. The summed E-state index contributed by atoms with van der Waals surface area (Å²) in [5.41, 5.74) is -0.225. The number of epoxide rings is 1. The molecule has 2 saturated heterocycles. The van der Waals surface area contributed by atoms with Gasteiger partial charge in [0.15, 0.2) is 6.10 Å². The summed E-state index contributed by atoms with van der Waals surface area (Å²) < 4.78 is 5.65. The van der Waals surface area contributed by atoms with Gasteiger partial charge >= 0.3 is 0 Å². The fraction of sp³-hybridized carbons (Fsp3) is 0.619. The van der Waals surface area contributed by atoms with Gasteiger partial charge in [-0.3, -0.25) is 9.59 Å². The number of ether oxygens (including phenoxy) is 1. The molecule has 5 nitrogen and oxygen atoms in total. The summed E-state index contributed by atoms with van der Waals surface area (Å²) in [7, 11) is 0. The van der Waals surface area contributed by atoms with Crippen LogP contribution in [-0.4, -0.2) is 34.6 Å². The number of carbonyl (C=O) groups excluding carboxylic acids is 2. The zero-order chi connectivity index (χ0) is 18.5. The van der Waals surface area contributed by atoms with E-state index in [1.807, 2.05) is 44.2 Å². The highest BCUT2D eigenvalue weighted by atomic mass is 16.6. The van der Waals surface area contributed by atoms with Gasteiger partial charge in [-0.2, -0.15) is 0 Å². The summed E-state index contributed by atoms with van der Waals surface area (Å²) in [4.78, 5) is 27.2. The first-order chi connectivity index (χ1) is 12.2. The van der Waals surface area contributed by atoms with Gasteiger partial charge in [-0.1, -0.05) is 32.0 Å². The van der Waals surface area contributed by atoms with Gasteiger partial charge in [-0.25, -0.2) is 10.0 Å². The molecule has 5 heteroatoms. The van der Waals surface area contributed by atoms with E-state index in [4.69, 9.17) is 4.74 Å². The van der Waals surface area contributed by atoms with Crippen molar-refractivity contribution >= 4 is 17.5 Å². The zero-order valence-corrected chi connectivity index (χ0v) is 15.9. The number of amides is 2. The number of hydrazine groups is 1. The van der Waals surface area contributed by atoms with Crippen molar-refractivity contribution in [3.05, 3.63) is 30.3 Å². The first-order valence-corrected chi connectivity index (χ1v) is 9.62. The number of nitrogens with zero attached hydrogens (tertiary/aromatic N) is 2. The van der Waals surface area contributed by atoms with Gasteiger partial charge in [0.1, 0.15) is 0 Å². The Hall–Kier alpha value is -1.88. The van der Waals surface area contributed by atoms with Crippen molar-refractivity contribution in [3.63, 3.8) is 0 Å². The average molecular weight is 354 g/mol. The molecule has 2 aliphatic heterocycles. The quantitative estimate of drug-likeness (QED) is 0.767. The van der Waals surface area contributed by atoms with Crippen LogP contribution in [0, 0.1) is 16.7 Å². The molecule has 2 amide bonds. The first-order valence-electron chi connectivity index (χ1n) is 9.62. The van der Waals surface area contributed by atoms with Crippen molar-refractivity contribution in [1.29, 1.82) is 0 Å². The highest BCUT2D eigenvalue weighted by molar-refractivity contribution is 6.06. The largest absolute Gasteiger partial charge is 0.356 e. The molecule has 2 bridgehead atoms. The Morgan fingerprint density at radius 1 is 1.15 bits per heavy atom. The van der Waals surface area contributed by atoms with Crippen LogP contribution < -0.4 is 5.01 Å². The summed E-state index contributed by atoms with van der Waals surface area (Å²) in [6, 6.07) is 9.52. The number of benzene rings is 1. The molecule has 138 valence electrons. The molecule has 4 unspecified atom stereocenters. The van der Waals surface area contributed by atoms with Crippen LogP contribution in [0.2, 0.25) is 0 Å². The predicted octanol–water partition coefficient (Wildman–Crippen LogP) is 3.15. The van der Waals surface area contributed by atoms with E-state index in [1.54, 1.807) is 10.0 Å². The van der Waals surface area contributed by atoms with Gasteiger partial charge in [0.05, 0.1) is 22.7 Å². The van der Waals surface area contributed by atoms with Gasteiger partial charge < -0.3 is 4.74 Å². The molecule has 2 saturated carbocycles. The molecule has 4 aliphatic rings. The van der Waals surface area contributed by atoms with E-state index in [2.05, 4.69) is 13.8 Å². The minimum absolute atomic E-state index is 0.0588. The molecule has 2 heterocycles. The summed E-state index contributed by atoms with van der Waals surface area (Å²) in [5.74, 6) is 0.515. The van der Waals surface area contributed by atoms with Crippen LogP contribution >= 0.6 is 0 Å². The lowest BCUT2D eigenvalue weighted by molar-refractivity contribution is -0.135. The monoisotopic (exact) mass is 354 g/mol. The number of fused-ring (bicyclic) bond motifs is 1. The molecule has 4 atom stereocenters. The van der Waals surface area contributed by atoms with E-state index in [-0.39, 0.29) is 23.3 Å². The van der Waals surface area contributed by atoms with E-state index in [9.17, 15) is 9.59 Å². The standard InChI is InChI=1S/C21H26N2O3/c1-19(2)13-10-11-21(19)15(12-13)23(17(24)16-20(3,4)26-16)22(18(21)25)14-8-6-5-7-9-14/h5-9,13,15-16H,10-12H2,1-4H3. The van der Waals surface area contributed by atoms with E-state index in [0.717, 1.165) is 24.9 Å². The fourth-order valence-corrected chi connectivity index (χ4v) is 5.99. The molecule has 0 N–H and O–H groups in total. The maximum absolute atomic E-state index is 13.8. The molecule has 1 spiro atoms. The topological polar surface area (TPSA) is 53.2 Å². The van der Waals surface area contributed by atoms with Crippen molar-refractivity contribution < 1.29 is 14.3 Å². The normalized spacial score (nSPS) is 38.6. The van der Waals surface area contributed by atoms with E-state index < -0.39 is 17.1 Å². The second-order valence-corrected chi connectivity index (χ2v) is 9.42. The number of anilines is 1. The van der Waals surface area contributed by atoms with Gasteiger partial charge in [0.25, 0.3) is 11.8 Å². The SMILES string of the molecule is CC1(C)OC1C(=O)N1C2CC3CCC2(C(=O)N1c1ccccc1)C3(C)C. The van der Waals surface area contributed by atoms with Crippen molar-refractivity contribution in [2.24, 2.45) is 16.7 Å². The molecule has 26 heavy (non-hydrogen) atoms. The molecule has 5 rings (SSSR count). The third-order valence-corrected chi connectivity index (χ3v) is 7.67. The fourth-order valence-electron chi connectivity index (χ4n) is 5.99. The Morgan fingerprint density at radius 3 is 2.38 bits per heavy atom. The lowest BCUT2D eigenvalue weighted by Gasteiger charge is -2.34. The van der Waals surface area contributed by atoms with Crippen LogP contribution in [-0.2, 0) is 14.3 Å². The number of carbonyl (C=O) groups is 2. The van der Waals surface area contributed by atoms with Crippen LogP contribution in [0.25, 0.3) is 0 Å². The van der Waals surface area contributed by atoms with Gasteiger partial charge in [0.2, 0.25) is 0 Å². The van der Waals surface area contributed by atoms with Crippen LogP contribution in [0.5, 0.6) is 0 Å². The Bertz CT molecular complexity index is 803. The van der Waals surface area contributed by atoms with E-state index in [1.165, 1.54) is 0 Å². The molecule has 1 aromatic carbocycles. The lowest BCUT2D eigenvalue weighted by atomic mass is 9.67. The van der Waals surface area contributed by atoms with Gasteiger partial charge in [-0.05, 0) is 56.6 Å². The molecule has 4 fully saturated rings. The summed E-state index contributed by atoms with van der Waals surface area (Å²) >= 11 is 0. The molecular formula is C21H26N2O3. The molecule has 0 aromatic heterocycles. The van der Waals surface area contributed by atoms with Crippen LogP contribution in [0.4, 0.5) is 5.69 Å². The second-order valence-electron chi connectivity index (χ2n) is 9.42. The van der Waals surface area contributed by atoms with Gasteiger partial charge in [0, 0.05) is 0 Å². The minimum atomic E-state index is -0.470. The molecule has 0 radical (unpaired) electrons. The number of para-hydroxylation sites is 1. The smallest absolute Gasteiger partial charge is 0.273 e. The summed E-state index contributed by atoms with van der Waals surface area (Å²) in [5, 5.41) is 3.42. The molecule has 2 aliphatic carbocycles. The average Bonchev–Trinajstić information content (AvgIpc) is 2.95. The predicted molar refractivity (Wildman–Crippen MR) is 97.1 cm³/mol. The molecular weight excluding hydrogens is 328 g/mol. The van der Waals surface area contributed by atoms with E-state index >= 15 is 0 Å². The summed E-state index contributed by atoms with van der Waals surface area (Å²) in [6.45, 7) is 8.30. The Labute approximate surface area is 154 Å². The third kappa shape index (κ3) is 1.70. The lowest BCUT2D eigenvalue weighted by Crippen LogP contribution is -2.50. The van der Waals surface area contributed by atoms with Crippen molar-refractivity contribution in [2.75, 3.05) is 5.01 Å². The first kappa shape index (κ1) is 16.3. The maximum atomic E-state index is 13.8. The Balaban J connectivity index is 1.64. The maximum Gasteiger partial charge on any atom is 0.273 e. The summed E-state index contributed by atoms with van der Waals surface area (Å²) in [6.07, 6.45) is 2.39. The van der Waals surface area contributed by atoms with Gasteiger partial charge in [-0.15, -0.1) is 0 Å². The number of hydrogen-bond donors (Lipinski definition) is 0. The second kappa shape index (κ2) is 4.69. The highest BCUT2D eigenvalue weighted by Gasteiger charge is 2.76. The van der Waals surface area contributed by atoms with Crippen molar-refractivity contribution in [2.45, 2.75) is 64.7 Å². The van der Waals surface area contributed by atoms with Crippen molar-refractivity contribution in [3.8, 4) is 0 Å². The Morgan fingerprint density at radius 2 is 1.81 bits per heavy atom.